The Hall–Kier alpha value is -1.43. The third-order valence-electron chi connectivity index (χ3n) is 2.77. The fourth-order valence-corrected chi connectivity index (χ4v) is 2.39. The predicted molar refractivity (Wildman–Crippen MR) is 71.0 cm³/mol. The van der Waals surface area contributed by atoms with Crippen LogP contribution in [0, 0.1) is 5.82 Å². The largest absolute Gasteiger partial charge is 0.419 e. The van der Waals surface area contributed by atoms with Gasteiger partial charge in [-0.1, -0.05) is 28.1 Å². The summed E-state index contributed by atoms with van der Waals surface area (Å²) in [5, 5.41) is 0. The maximum absolute atomic E-state index is 13.2. The first-order valence-corrected chi connectivity index (χ1v) is 6.70. The van der Waals surface area contributed by atoms with Crippen LogP contribution in [0.1, 0.15) is 21.6 Å². The van der Waals surface area contributed by atoms with Crippen molar-refractivity contribution < 1.29 is 17.6 Å². The summed E-state index contributed by atoms with van der Waals surface area (Å²) >= 11 is 3.32. The van der Waals surface area contributed by atoms with Crippen LogP contribution in [0.3, 0.4) is 0 Å². The van der Waals surface area contributed by atoms with Gasteiger partial charge in [-0.25, -0.2) is 4.39 Å². The van der Waals surface area contributed by atoms with E-state index in [1.54, 1.807) is 24.4 Å². The molecule has 0 fully saturated rings. The molecule has 0 amide bonds. The van der Waals surface area contributed by atoms with Crippen LogP contribution < -0.4 is 0 Å². The first kappa shape index (κ1) is 15.0. The van der Waals surface area contributed by atoms with Crippen LogP contribution in [0.2, 0.25) is 0 Å². The lowest BCUT2D eigenvalue weighted by atomic mass is 10.0. The highest BCUT2D eigenvalue weighted by Crippen LogP contribution is 2.35. The van der Waals surface area contributed by atoms with Gasteiger partial charge in [-0.3, -0.25) is 4.98 Å². The van der Waals surface area contributed by atoms with Gasteiger partial charge in [0.2, 0.25) is 0 Å². The molecule has 0 radical (unpaired) electrons. The molecule has 0 aliphatic carbocycles. The number of alkyl halides is 4. The molecule has 1 aromatic carbocycles. The van der Waals surface area contributed by atoms with Crippen molar-refractivity contribution in [3.63, 3.8) is 0 Å². The lowest BCUT2D eigenvalue weighted by Gasteiger charge is -2.13. The molecule has 0 saturated carbocycles. The van der Waals surface area contributed by atoms with Crippen LogP contribution in [0.15, 0.2) is 42.6 Å². The molecule has 0 aliphatic heterocycles. The third-order valence-corrected chi connectivity index (χ3v) is 3.62. The van der Waals surface area contributed by atoms with E-state index in [1.807, 2.05) is 0 Å². The van der Waals surface area contributed by atoms with E-state index in [2.05, 4.69) is 20.9 Å². The Morgan fingerprint density at radius 2 is 1.90 bits per heavy atom. The van der Waals surface area contributed by atoms with E-state index in [9.17, 15) is 17.6 Å². The molecule has 1 heterocycles. The monoisotopic (exact) mass is 347 g/mol. The lowest BCUT2D eigenvalue weighted by molar-refractivity contribution is -0.140. The van der Waals surface area contributed by atoms with Crippen molar-refractivity contribution in [2.75, 3.05) is 0 Å². The molecule has 1 unspecified atom stereocenters. The third kappa shape index (κ3) is 3.56. The first-order chi connectivity index (χ1) is 9.38. The van der Waals surface area contributed by atoms with E-state index < -0.39 is 17.6 Å². The van der Waals surface area contributed by atoms with Gasteiger partial charge in [0.05, 0.1) is 5.56 Å². The Morgan fingerprint density at radius 1 is 1.15 bits per heavy atom. The van der Waals surface area contributed by atoms with Crippen molar-refractivity contribution in [3.05, 3.63) is 65.2 Å². The van der Waals surface area contributed by atoms with Crippen molar-refractivity contribution >= 4 is 15.9 Å². The molecule has 2 rings (SSSR count). The molecule has 0 spiro atoms. The molecular weight excluding hydrogens is 338 g/mol. The lowest BCUT2D eigenvalue weighted by Crippen LogP contribution is -2.09. The zero-order valence-electron chi connectivity index (χ0n) is 10.2. The minimum Gasteiger partial charge on any atom is -0.261 e. The van der Waals surface area contributed by atoms with E-state index in [0.717, 1.165) is 17.8 Å². The fraction of sp³-hybridized carbons (Fsp3) is 0.214. The maximum atomic E-state index is 13.2. The van der Waals surface area contributed by atoms with Gasteiger partial charge in [0.25, 0.3) is 0 Å². The fourth-order valence-electron chi connectivity index (χ4n) is 1.78. The minimum atomic E-state index is -4.70. The number of hydrogen-bond acceptors (Lipinski definition) is 1. The summed E-state index contributed by atoms with van der Waals surface area (Å²) in [7, 11) is 0. The van der Waals surface area contributed by atoms with Crippen LogP contribution in [0.5, 0.6) is 0 Å². The summed E-state index contributed by atoms with van der Waals surface area (Å²) in [6, 6.07) is 8.35. The van der Waals surface area contributed by atoms with Gasteiger partial charge in [-0.05, 0) is 29.8 Å². The first-order valence-electron chi connectivity index (χ1n) is 5.78. The van der Waals surface area contributed by atoms with Gasteiger partial charge in [-0.15, -0.1) is 0 Å². The Bertz CT molecular complexity index is 583. The quantitative estimate of drug-likeness (QED) is 0.567. The molecule has 1 nitrogen and oxygen atoms in total. The van der Waals surface area contributed by atoms with Gasteiger partial charge in [-0.2, -0.15) is 13.2 Å². The van der Waals surface area contributed by atoms with Crippen LogP contribution >= 0.6 is 15.9 Å². The number of benzene rings is 1. The Balaban J connectivity index is 2.25. The number of aromatic nitrogens is 1. The van der Waals surface area contributed by atoms with Gasteiger partial charge < -0.3 is 0 Å². The molecule has 0 aliphatic rings. The van der Waals surface area contributed by atoms with Crippen molar-refractivity contribution in [3.8, 4) is 0 Å². The molecule has 0 bridgehead atoms. The molecule has 6 heteroatoms. The van der Waals surface area contributed by atoms with E-state index in [1.165, 1.54) is 6.07 Å². The molecule has 106 valence electrons. The Labute approximate surface area is 121 Å². The van der Waals surface area contributed by atoms with Crippen LogP contribution in [0.4, 0.5) is 17.6 Å². The van der Waals surface area contributed by atoms with E-state index >= 15 is 0 Å². The van der Waals surface area contributed by atoms with Crippen LogP contribution in [-0.4, -0.2) is 4.98 Å². The minimum absolute atomic E-state index is 0.362. The summed E-state index contributed by atoms with van der Waals surface area (Å²) < 4.78 is 51.2. The SMILES string of the molecule is Fc1ccc(C(Br)Cc2ccccn2)cc1C(F)(F)F. The molecule has 0 N–H and O–H groups in total. The van der Waals surface area contributed by atoms with E-state index in [0.29, 0.717) is 12.0 Å². The number of nitrogens with zero attached hydrogens (tertiary/aromatic N) is 1. The second kappa shape index (κ2) is 5.91. The van der Waals surface area contributed by atoms with Crippen LogP contribution in [0.25, 0.3) is 0 Å². The summed E-state index contributed by atoms with van der Waals surface area (Å²) in [5.74, 6) is -1.27. The summed E-state index contributed by atoms with van der Waals surface area (Å²) in [6.07, 6.45) is -2.66. The van der Waals surface area contributed by atoms with Gasteiger partial charge in [0, 0.05) is 23.1 Å². The van der Waals surface area contributed by atoms with Crippen molar-refractivity contribution in [2.24, 2.45) is 0 Å². The molecular formula is C14H10BrF4N. The average molecular weight is 348 g/mol. The zero-order chi connectivity index (χ0) is 14.8. The molecule has 1 atom stereocenters. The molecule has 2 aromatic rings. The Morgan fingerprint density at radius 3 is 2.50 bits per heavy atom. The van der Waals surface area contributed by atoms with Gasteiger partial charge >= 0.3 is 6.18 Å². The normalized spacial score (nSPS) is 13.2. The van der Waals surface area contributed by atoms with Gasteiger partial charge in [0.15, 0.2) is 0 Å². The smallest absolute Gasteiger partial charge is 0.261 e. The highest BCUT2D eigenvalue weighted by atomic mass is 79.9. The predicted octanol–water partition coefficient (Wildman–Crippen LogP) is 4.92. The second-order valence-corrected chi connectivity index (χ2v) is 5.34. The number of hydrogen-bond donors (Lipinski definition) is 0. The number of halogens is 5. The van der Waals surface area contributed by atoms with Crippen molar-refractivity contribution in [1.29, 1.82) is 0 Å². The highest BCUT2D eigenvalue weighted by molar-refractivity contribution is 9.09. The summed E-state index contributed by atoms with van der Waals surface area (Å²) in [6.45, 7) is 0. The highest BCUT2D eigenvalue weighted by Gasteiger charge is 2.34. The molecule has 20 heavy (non-hydrogen) atoms. The van der Waals surface area contributed by atoms with Gasteiger partial charge in [0.1, 0.15) is 5.82 Å². The number of rotatable bonds is 3. The standard InChI is InChI=1S/C14H10BrF4N/c15-12(8-10-3-1-2-6-20-10)9-4-5-13(16)11(7-9)14(17,18)19/h1-7,12H,8H2. The van der Waals surface area contributed by atoms with Crippen molar-refractivity contribution in [2.45, 2.75) is 17.4 Å². The van der Waals surface area contributed by atoms with E-state index in [-0.39, 0.29) is 4.83 Å². The average Bonchev–Trinajstić information content (AvgIpc) is 2.39. The second-order valence-electron chi connectivity index (χ2n) is 4.23. The van der Waals surface area contributed by atoms with E-state index in [4.69, 9.17) is 0 Å². The maximum Gasteiger partial charge on any atom is 0.419 e. The molecule has 1 aromatic heterocycles. The Kier molecular flexibility index (Phi) is 4.42. The summed E-state index contributed by atoms with van der Waals surface area (Å²) in [5.41, 5.74) is -0.142. The van der Waals surface area contributed by atoms with Crippen molar-refractivity contribution in [1.82, 2.24) is 4.98 Å². The molecule has 0 saturated heterocycles. The topological polar surface area (TPSA) is 12.9 Å². The zero-order valence-corrected chi connectivity index (χ0v) is 11.7. The number of pyridine rings is 1. The van der Waals surface area contributed by atoms with Crippen LogP contribution in [-0.2, 0) is 12.6 Å². The summed E-state index contributed by atoms with van der Waals surface area (Å²) in [4.78, 5) is 3.74.